The van der Waals surface area contributed by atoms with Gasteiger partial charge in [-0.2, -0.15) is 0 Å². The van der Waals surface area contributed by atoms with Gasteiger partial charge in [0.15, 0.2) is 0 Å². The topological polar surface area (TPSA) is 189 Å². The summed E-state index contributed by atoms with van der Waals surface area (Å²) in [4.78, 5) is 57.0. The number of nitrogens with one attached hydrogen (secondary N) is 3. The van der Waals surface area contributed by atoms with Crippen molar-refractivity contribution >= 4 is 35.1 Å². The number of carbonyl (C=O) groups excluding carboxylic acids is 4. The van der Waals surface area contributed by atoms with Gasteiger partial charge in [-0.25, -0.2) is 4.79 Å². The minimum atomic E-state index is -1.03. The molecule has 14 nitrogen and oxygen atoms in total. The maximum atomic E-state index is 13.9. The molecule has 0 aliphatic rings. The van der Waals surface area contributed by atoms with E-state index < -0.39 is 47.0 Å². The summed E-state index contributed by atoms with van der Waals surface area (Å²) in [7, 11) is 3.00. The number of benzene rings is 2. The fourth-order valence-electron chi connectivity index (χ4n) is 4.80. The summed E-state index contributed by atoms with van der Waals surface area (Å²) >= 11 is 0. The molecule has 1 heterocycles. The number of nitrogen functional groups attached to an aromatic ring is 1. The second kappa shape index (κ2) is 17.5. The van der Waals surface area contributed by atoms with Crippen molar-refractivity contribution in [2.45, 2.75) is 78.2 Å². The molecule has 0 aliphatic carbocycles. The third-order valence-electron chi connectivity index (χ3n) is 7.06. The average Bonchev–Trinajstić information content (AvgIpc) is 3.05. The fourth-order valence-corrected chi connectivity index (χ4v) is 4.80. The Balaban J connectivity index is 1.73. The van der Waals surface area contributed by atoms with Crippen LogP contribution < -0.4 is 35.9 Å². The molecule has 5 N–H and O–H groups in total. The first-order chi connectivity index (χ1) is 23.9. The zero-order chi connectivity index (χ0) is 37.9. The van der Waals surface area contributed by atoms with Crippen molar-refractivity contribution in [2.75, 3.05) is 38.4 Å². The van der Waals surface area contributed by atoms with Crippen molar-refractivity contribution in [3.05, 3.63) is 71.5 Å². The van der Waals surface area contributed by atoms with E-state index in [1.807, 2.05) is 20.8 Å². The second-order valence-corrected chi connectivity index (χ2v) is 13.5. The molecular formula is C37H49N5O9. The lowest BCUT2D eigenvalue weighted by Crippen LogP contribution is -2.55. The van der Waals surface area contributed by atoms with Gasteiger partial charge in [0.2, 0.25) is 11.7 Å². The molecule has 2 aromatic carbocycles. The number of amides is 3. The van der Waals surface area contributed by atoms with Crippen LogP contribution in [0.1, 0.15) is 81.3 Å². The predicted molar refractivity (Wildman–Crippen MR) is 193 cm³/mol. The van der Waals surface area contributed by atoms with E-state index >= 15 is 0 Å². The number of ketones is 1. The average molecular weight is 708 g/mol. The summed E-state index contributed by atoms with van der Waals surface area (Å²) < 4.78 is 27.8. The van der Waals surface area contributed by atoms with Crippen molar-refractivity contribution in [3.63, 3.8) is 0 Å². The number of nitrogens with two attached hydrogens (primary N) is 1. The van der Waals surface area contributed by atoms with E-state index in [0.29, 0.717) is 23.5 Å². The minimum Gasteiger partial charge on any atom is -0.497 e. The third kappa shape index (κ3) is 12.2. The molecule has 51 heavy (non-hydrogen) atoms. The normalized spacial score (nSPS) is 12.6. The van der Waals surface area contributed by atoms with Gasteiger partial charge in [-0.1, -0.05) is 0 Å². The van der Waals surface area contributed by atoms with Gasteiger partial charge in [0.25, 0.3) is 5.91 Å². The van der Waals surface area contributed by atoms with E-state index in [4.69, 9.17) is 29.4 Å². The summed E-state index contributed by atoms with van der Waals surface area (Å²) in [5, 5.41) is 8.14. The van der Waals surface area contributed by atoms with Gasteiger partial charge in [-0.15, -0.1) is 0 Å². The van der Waals surface area contributed by atoms with Crippen LogP contribution in [0.5, 0.6) is 17.2 Å². The number of ether oxygens (including phenoxy) is 5. The van der Waals surface area contributed by atoms with Crippen molar-refractivity contribution in [2.24, 2.45) is 0 Å². The molecule has 1 unspecified atom stereocenters. The lowest BCUT2D eigenvalue weighted by atomic mass is 10.0. The van der Waals surface area contributed by atoms with Crippen LogP contribution in [-0.2, 0) is 14.3 Å². The molecular weight excluding hydrogens is 658 g/mol. The molecule has 1 aromatic heterocycles. The number of carbonyl (C=O) groups is 4. The van der Waals surface area contributed by atoms with Crippen LogP contribution >= 0.6 is 0 Å². The summed E-state index contributed by atoms with van der Waals surface area (Å²) in [6.07, 6.45) is 0.287. The molecule has 3 aromatic rings. The number of rotatable bonds is 15. The Kier molecular flexibility index (Phi) is 13.8. The predicted octanol–water partition coefficient (Wildman–Crippen LogP) is 5.15. The number of pyridine rings is 1. The van der Waals surface area contributed by atoms with Gasteiger partial charge in [0, 0.05) is 24.4 Å². The van der Waals surface area contributed by atoms with E-state index in [2.05, 4.69) is 20.9 Å². The molecule has 3 rings (SSSR count). The van der Waals surface area contributed by atoms with Crippen molar-refractivity contribution in [3.8, 4) is 17.2 Å². The Hall–Kier alpha value is -5.37. The zero-order valence-corrected chi connectivity index (χ0v) is 30.7. The number of aromatic nitrogens is 1. The molecule has 0 fully saturated rings. The molecule has 0 saturated heterocycles. The fraction of sp³-hybridized carbons (Fsp3) is 0.432. The van der Waals surface area contributed by atoms with Crippen LogP contribution in [0.2, 0.25) is 0 Å². The summed E-state index contributed by atoms with van der Waals surface area (Å²) in [5.74, 6) is -0.305. The highest BCUT2D eigenvalue weighted by atomic mass is 16.6. The maximum Gasteiger partial charge on any atom is 0.408 e. The van der Waals surface area contributed by atoms with Gasteiger partial charge < -0.3 is 45.4 Å². The molecule has 0 saturated carbocycles. The van der Waals surface area contributed by atoms with Gasteiger partial charge in [-0.3, -0.25) is 19.4 Å². The maximum absolute atomic E-state index is 13.9. The van der Waals surface area contributed by atoms with Crippen molar-refractivity contribution < 1.29 is 42.9 Å². The van der Waals surface area contributed by atoms with Crippen LogP contribution in [0.3, 0.4) is 0 Å². The number of alkyl carbamates (subject to hydrolysis) is 1. The number of anilines is 2. The lowest BCUT2D eigenvalue weighted by Gasteiger charge is -2.31. The molecule has 3 amide bonds. The van der Waals surface area contributed by atoms with Gasteiger partial charge >= 0.3 is 6.09 Å². The Labute approximate surface area is 298 Å². The first-order valence-corrected chi connectivity index (χ1v) is 16.4. The Morgan fingerprint density at radius 1 is 0.882 bits per heavy atom. The molecule has 276 valence electrons. The Bertz CT molecular complexity index is 1680. The molecule has 2 atom stereocenters. The highest BCUT2D eigenvalue weighted by Gasteiger charge is 2.32. The number of hydrogen-bond acceptors (Lipinski definition) is 11. The molecule has 0 spiro atoms. The molecule has 0 aliphatic heterocycles. The van der Waals surface area contributed by atoms with Gasteiger partial charge in [0.1, 0.15) is 34.6 Å². The number of hydrogen-bond donors (Lipinski definition) is 4. The summed E-state index contributed by atoms with van der Waals surface area (Å²) in [5.41, 5.74) is 5.44. The van der Waals surface area contributed by atoms with Crippen LogP contribution in [0.15, 0.2) is 54.7 Å². The minimum absolute atomic E-state index is 0.0482. The summed E-state index contributed by atoms with van der Waals surface area (Å²) in [6, 6.07) is 11.6. The largest absolute Gasteiger partial charge is 0.497 e. The van der Waals surface area contributed by atoms with Gasteiger partial charge in [0.05, 0.1) is 49.5 Å². The van der Waals surface area contributed by atoms with E-state index in [0.717, 1.165) is 0 Å². The quantitative estimate of drug-likeness (QED) is 0.121. The van der Waals surface area contributed by atoms with Crippen molar-refractivity contribution in [1.82, 2.24) is 15.6 Å². The molecule has 0 bridgehead atoms. The Morgan fingerprint density at radius 3 is 2.14 bits per heavy atom. The van der Waals surface area contributed by atoms with E-state index in [1.165, 1.54) is 32.5 Å². The first-order valence-electron chi connectivity index (χ1n) is 16.4. The second-order valence-electron chi connectivity index (χ2n) is 13.5. The van der Waals surface area contributed by atoms with Crippen LogP contribution in [0, 0.1) is 0 Å². The highest BCUT2D eigenvalue weighted by molar-refractivity contribution is 6.17. The van der Waals surface area contributed by atoms with Crippen LogP contribution in [-0.4, -0.2) is 79.4 Å². The summed E-state index contributed by atoms with van der Waals surface area (Å²) in [6.45, 7) is 12.7. The van der Waals surface area contributed by atoms with Gasteiger partial charge in [-0.05, 0) is 97.4 Å². The van der Waals surface area contributed by atoms with E-state index in [-0.39, 0.29) is 41.5 Å². The molecule has 14 heteroatoms. The SMILES string of the molecule is COc1ccc(C(=O)Nc2c(N)ccnc2C(=O)c2ccc(OC)cc2OCCCNC(=O)[C@@H](NC(=O)OC(C)(C)C)C(C)OC(C)(C)C)cc1. The zero-order valence-electron chi connectivity index (χ0n) is 30.7. The number of nitrogens with zero attached hydrogens (tertiary/aromatic N) is 1. The van der Waals surface area contributed by atoms with E-state index in [1.54, 1.807) is 64.1 Å². The molecule has 0 radical (unpaired) electrons. The van der Waals surface area contributed by atoms with E-state index in [9.17, 15) is 19.2 Å². The highest BCUT2D eigenvalue weighted by Crippen LogP contribution is 2.31. The third-order valence-corrected chi connectivity index (χ3v) is 7.06. The smallest absolute Gasteiger partial charge is 0.408 e. The number of methoxy groups -OCH3 is 2. The lowest BCUT2D eigenvalue weighted by molar-refractivity contribution is -0.131. The van der Waals surface area contributed by atoms with Crippen LogP contribution in [0.4, 0.5) is 16.2 Å². The first kappa shape index (κ1) is 40.1. The van der Waals surface area contributed by atoms with Crippen LogP contribution in [0.25, 0.3) is 0 Å². The Morgan fingerprint density at radius 2 is 1.53 bits per heavy atom. The monoisotopic (exact) mass is 707 g/mol. The van der Waals surface area contributed by atoms with Crippen molar-refractivity contribution in [1.29, 1.82) is 0 Å². The standard InChI is InChI=1S/C37H49N5O9/c1-22(50-36(2,3)4)29(42-35(46)51-37(5,6)7)34(45)40-18-10-20-49-28-21-25(48-9)15-16-26(28)32(43)31-30(27(38)17-19-39-31)41-33(44)23-11-13-24(47-8)14-12-23/h11-17,19,21-22,29H,10,18,20H2,1-9H3,(H2,38,39)(H,40,45)(H,41,44)(H,42,46)/t22?,29-/m0/s1.